The summed E-state index contributed by atoms with van der Waals surface area (Å²) in [5.74, 6) is 0.516. The molecule has 1 fully saturated rings. The van der Waals surface area contributed by atoms with Gasteiger partial charge in [0.25, 0.3) is 0 Å². The summed E-state index contributed by atoms with van der Waals surface area (Å²) in [6.45, 7) is 20.8. The summed E-state index contributed by atoms with van der Waals surface area (Å²) in [6.07, 6.45) is 5.56. The molecule has 7 heteroatoms. The summed E-state index contributed by atoms with van der Waals surface area (Å²) in [5.41, 5.74) is 1.51. The minimum absolute atomic E-state index is 0.136. The van der Waals surface area contributed by atoms with E-state index in [9.17, 15) is 9.59 Å². The van der Waals surface area contributed by atoms with Crippen molar-refractivity contribution in [2.24, 2.45) is 5.92 Å². The number of carbonyl (C=O) groups excluding carboxylic acids is 2. The Bertz CT molecular complexity index is 863. The van der Waals surface area contributed by atoms with E-state index < -0.39 is 8.32 Å². The molecule has 0 saturated carbocycles. The number of ether oxygens (including phenoxy) is 1. The van der Waals surface area contributed by atoms with Crippen molar-refractivity contribution < 1.29 is 18.8 Å². The molecule has 1 amide bonds. The largest absolute Gasteiger partial charge is 0.465 e. The van der Waals surface area contributed by atoms with Crippen LogP contribution >= 0.6 is 0 Å². The number of hydrazine groups is 1. The normalized spacial score (nSPS) is 17.1. The second-order valence-corrected chi connectivity index (χ2v) is 17.2. The Kier molecular flexibility index (Phi) is 10.8. The van der Waals surface area contributed by atoms with Gasteiger partial charge in [0.2, 0.25) is 5.91 Å². The highest BCUT2D eigenvalue weighted by atomic mass is 28.4. The van der Waals surface area contributed by atoms with E-state index in [1.54, 1.807) is 12.1 Å². The molecule has 1 unspecified atom stereocenters. The first kappa shape index (κ1) is 30.5. The van der Waals surface area contributed by atoms with Crippen LogP contribution in [0.1, 0.15) is 89.6 Å². The van der Waals surface area contributed by atoms with Crippen molar-refractivity contribution in [2.75, 3.05) is 26.7 Å². The lowest BCUT2D eigenvalue weighted by Gasteiger charge is -2.45. The number of esters is 1. The highest BCUT2D eigenvalue weighted by Gasteiger charge is 2.42. The fourth-order valence-corrected chi connectivity index (χ4v) is 6.26. The molecule has 0 N–H and O–H groups in total. The zero-order valence-corrected chi connectivity index (χ0v) is 25.3. The van der Waals surface area contributed by atoms with Gasteiger partial charge in [-0.3, -0.25) is 9.80 Å². The van der Waals surface area contributed by atoms with Crippen LogP contribution < -0.4 is 0 Å². The molecule has 1 saturated heterocycles. The molecule has 1 aliphatic heterocycles. The molecule has 0 aromatic heterocycles. The van der Waals surface area contributed by atoms with E-state index in [1.807, 2.05) is 17.1 Å². The van der Waals surface area contributed by atoms with Crippen LogP contribution in [0.3, 0.4) is 0 Å². The maximum absolute atomic E-state index is 12.6. The van der Waals surface area contributed by atoms with Crippen molar-refractivity contribution in [1.29, 1.82) is 0 Å². The van der Waals surface area contributed by atoms with Gasteiger partial charge in [-0.1, -0.05) is 46.8 Å². The maximum atomic E-state index is 12.6. The summed E-state index contributed by atoms with van der Waals surface area (Å²) in [5, 5.41) is 4.33. The first-order chi connectivity index (χ1) is 16.7. The third-order valence-electron chi connectivity index (χ3n) is 7.88. The molecule has 1 aliphatic rings. The van der Waals surface area contributed by atoms with Gasteiger partial charge in [0.15, 0.2) is 8.32 Å². The number of rotatable bonds is 13. The number of carbonyl (C=O) groups is 2. The van der Waals surface area contributed by atoms with E-state index in [-0.39, 0.29) is 22.5 Å². The van der Waals surface area contributed by atoms with Crippen molar-refractivity contribution in [3.05, 3.63) is 35.4 Å². The molecule has 0 bridgehead atoms. The molecule has 1 atom stereocenters. The van der Waals surface area contributed by atoms with Crippen molar-refractivity contribution in [2.45, 2.75) is 104 Å². The molecule has 6 nitrogen and oxygen atoms in total. The van der Waals surface area contributed by atoms with E-state index >= 15 is 0 Å². The van der Waals surface area contributed by atoms with Gasteiger partial charge in [-0.15, -0.1) is 0 Å². The van der Waals surface area contributed by atoms with Gasteiger partial charge in [-0.05, 0) is 80.8 Å². The number of benzene rings is 1. The fraction of sp³-hybridized carbons (Fsp3) is 0.724. The average molecular weight is 519 g/mol. The number of hydrogen-bond donors (Lipinski definition) is 0. The smallest absolute Gasteiger partial charge is 0.337 e. The topological polar surface area (TPSA) is 59.1 Å². The third kappa shape index (κ3) is 8.70. The van der Waals surface area contributed by atoms with E-state index in [4.69, 9.17) is 9.16 Å². The van der Waals surface area contributed by atoms with E-state index in [0.717, 1.165) is 50.8 Å². The van der Waals surface area contributed by atoms with Crippen molar-refractivity contribution in [1.82, 2.24) is 10.0 Å². The van der Waals surface area contributed by atoms with Gasteiger partial charge in [0.05, 0.1) is 18.3 Å². The summed E-state index contributed by atoms with van der Waals surface area (Å²) in [6, 6.07) is 7.45. The van der Waals surface area contributed by atoms with Gasteiger partial charge < -0.3 is 9.16 Å². The monoisotopic (exact) mass is 518 g/mol. The summed E-state index contributed by atoms with van der Waals surface area (Å²) in [7, 11) is -0.504. The number of hydrogen-bond acceptors (Lipinski definition) is 5. The molecule has 1 heterocycles. The standard InChI is InChI=1S/C29H50N2O4Si/c1-23(2)15-19-29(6,35-36(8,9)28(3,4)5)18-10-20-30-21-17-26(32)31(30)22-16-24-11-13-25(14-12-24)27(33)34-7/h11-14,23H,10,15-22H2,1-9H3. The molecule has 1 aromatic carbocycles. The van der Waals surface area contributed by atoms with Crippen molar-refractivity contribution >= 4 is 20.2 Å². The quantitative estimate of drug-likeness (QED) is 0.221. The van der Waals surface area contributed by atoms with Gasteiger partial charge in [-0.25, -0.2) is 9.80 Å². The third-order valence-corrected chi connectivity index (χ3v) is 12.5. The van der Waals surface area contributed by atoms with Crippen LogP contribution in [0.4, 0.5) is 0 Å². The average Bonchev–Trinajstić information content (AvgIpc) is 3.14. The van der Waals surface area contributed by atoms with Gasteiger partial charge in [-0.2, -0.15) is 0 Å². The Hall–Kier alpha value is -1.70. The second-order valence-electron chi connectivity index (χ2n) is 12.5. The second kappa shape index (κ2) is 12.7. The zero-order chi connectivity index (χ0) is 27.1. The SMILES string of the molecule is COC(=O)c1ccc(CCN2C(=O)CCN2CCCC(C)(CCC(C)C)O[Si](C)(C)C(C)(C)C)cc1. The first-order valence-electron chi connectivity index (χ1n) is 13.6. The fourth-order valence-electron chi connectivity index (χ4n) is 4.52. The predicted octanol–water partition coefficient (Wildman–Crippen LogP) is 6.46. The Labute approximate surface area is 220 Å². The van der Waals surface area contributed by atoms with E-state index in [2.05, 4.69) is 59.6 Å². The lowest BCUT2D eigenvalue weighted by atomic mass is 9.91. The lowest BCUT2D eigenvalue weighted by Crippen LogP contribution is -2.49. The highest BCUT2D eigenvalue weighted by Crippen LogP contribution is 2.41. The molecular weight excluding hydrogens is 468 g/mol. The molecule has 1 aromatic rings. The molecule has 0 radical (unpaired) electrons. The minimum atomic E-state index is -1.89. The summed E-state index contributed by atoms with van der Waals surface area (Å²) in [4.78, 5) is 24.3. The van der Waals surface area contributed by atoms with E-state index in [0.29, 0.717) is 24.4 Å². The van der Waals surface area contributed by atoms with Crippen LogP contribution in [0, 0.1) is 5.92 Å². The maximum Gasteiger partial charge on any atom is 0.337 e. The lowest BCUT2D eigenvalue weighted by molar-refractivity contribution is -0.138. The van der Waals surface area contributed by atoms with Gasteiger partial charge in [0.1, 0.15) is 0 Å². The van der Waals surface area contributed by atoms with Gasteiger partial charge >= 0.3 is 5.97 Å². The van der Waals surface area contributed by atoms with Crippen LogP contribution in [-0.4, -0.2) is 62.6 Å². The minimum Gasteiger partial charge on any atom is -0.465 e. The first-order valence-corrected chi connectivity index (χ1v) is 16.5. The zero-order valence-electron chi connectivity index (χ0n) is 24.3. The Morgan fingerprint density at radius 1 is 1.06 bits per heavy atom. The molecule has 0 aliphatic carbocycles. The molecule has 204 valence electrons. The molecule has 0 spiro atoms. The molecule has 36 heavy (non-hydrogen) atoms. The Balaban J connectivity index is 1.97. The van der Waals surface area contributed by atoms with Crippen LogP contribution in [0.25, 0.3) is 0 Å². The molecular formula is C29H50N2O4Si. The predicted molar refractivity (Wildman–Crippen MR) is 149 cm³/mol. The van der Waals surface area contributed by atoms with Gasteiger partial charge in [0, 0.05) is 26.1 Å². The molecule has 2 rings (SSSR count). The number of nitrogens with zero attached hydrogens (tertiary/aromatic N) is 2. The van der Waals surface area contributed by atoms with Crippen LogP contribution in [0.15, 0.2) is 24.3 Å². The Morgan fingerprint density at radius 2 is 1.69 bits per heavy atom. The van der Waals surface area contributed by atoms with E-state index in [1.165, 1.54) is 7.11 Å². The van der Waals surface area contributed by atoms with Crippen molar-refractivity contribution in [3.63, 3.8) is 0 Å². The van der Waals surface area contributed by atoms with Crippen molar-refractivity contribution in [3.8, 4) is 0 Å². The van der Waals surface area contributed by atoms with Crippen LogP contribution in [-0.2, 0) is 20.4 Å². The number of amides is 1. The Morgan fingerprint density at radius 3 is 2.25 bits per heavy atom. The summed E-state index contributed by atoms with van der Waals surface area (Å²) < 4.78 is 11.8. The highest BCUT2D eigenvalue weighted by molar-refractivity contribution is 6.74. The van der Waals surface area contributed by atoms with Crippen LogP contribution in [0.2, 0.25) is 18.1 Å². The summed E-state index contributed by atoms with van der Waals surface area (Å²) >= 11 is 0. The van der Waals surface area contributed by atoms with Crippen LogP contribution in [0.5, 0.6) is 0 Å². The number of methoxy groups -OCH3 is 1.